The molecular weight excluding hydrogens is 260 g/mol. The number of hydrogen-bond acceptors (Lipinski definition) is 2. The summed E-state index contributed by atoms with van der Waals surface area (Å²) in [6.07, 6.45) is 0. The first-order valence-corrected chi connectivity index (χ1v) is 6.42. The quantitative estimate of drug-likeness (QED) is 0.897. The number of halogens is 2. The van der Waals surface area contributed by atoms with Crippen LogP contribution in [-0.2, 0) is 6.54 Å². The van der Waals surface area contributed by atoms with E-state index < -0.39 is 0 Å². The molecule has 0 saturated carbocycles. The molecule has 106 valence electrons. The molecule has 1 atom stereocenters. The van der Waals surface area contributed by atoms with Crippen molar-refractivity contribution in [1.29, 1.82) is 0 Å². The molecule has 0 aliphatic rings. The number of benzene rings is 2. The Bertz CT molecular complexity index is 569. The summed E-state index contributed by atoms with van der Waals surface area (Å²) in [7, 11) is 1.44. The average molecular weight is 277 g/mol. The molecular formula is C16H17F2NO. The van der Waals surface area contributed by atoms with Gasteiger partial charge in [0.25, 0.3) is 0 Å². The van der Waals surface area contributed by atoms with Crippen molar-refractivity contribution < 1.29 is 13.5 Å². The molecule has 1 N–H and O–H groups in total. The highest BCUT2D eigenvalue weighted by Gasteiger charge is 2.10. The molecule has 0 unspecified atom stereocenters. The van der Waals surface area contributed by atoms with Crippen LogP contribution in [0, 0.1) is 11.6 Å². The molecule has 2 rings (SSSR count). The molecule has 0 fully saturated rings. The van der Waals surface area contributed by atoms with E-state index in [0.717, 1.165) is 5.56 Å². The van der Waals surface area contributed by atoms with Crippen molar-refractivity contribution in [3.8, 4) is 5.75 Å². The van der Waals surface area contributed by atoms with Crippen LogP contribution in [0.1, 0.15) is 24.1 Å². The Morgan fingerprint density at radius 2 is 1.80 bits per heavy atom. The van der Waals surface area contributed by atoms with Crippen LogP contribution in [0.4, 0.5) is 8.78 Å². The van der Waals surface area contributed by atoms with Gasteiger partial charge in [-0.05, 0) is 30.7 Å². The lowest BCUT2D eigenvalue weighted by Gasteiger charge is -2.15. The summed E-state index contributed by atoms with van der Waals surface area (Å²) in [6, 6.07) is 11.3. The number of hydrogen-bond donors (Lipinski definition) is 1. The van der Waals surface area contributed by atoms with Gasteiger partial charge in [-0.1, -0.05) is 24.3 Å². The van der Waals surface area contributed by atoms with Crippen molar-refractivity contribution in [3.05, 3.63) is 65.2 Å². The Labute approximate surface area is 117 Å². The maximum atomic E-state index is 14.0. The van der Waals surface area contributed by atoms with Crippen molar-refractivity contribution in [2.75, 3.05) is 7.11 Å². The minimum Gasteiger partial charge on any atom is -0.494 e. The summed E-state index contributed by atoms with van der Waals surface area (Å²) in [5.41, 5.74) is 1.49. The first kappa shape index (κ1) is 14.5. The molecule has 0 spiro atoms. The van der Waals surface area contributed by atoms with Crippen LogP contribution < -0.4 is 10.1 Å². The van der Waals surface area contributed by atoms with E-state index in [4.69, 9.17) is 4.74 Å². The lowest BCUT2D eigenvalue weighted by molar-refractivity contribution is 0.382. The van der Waals surface area contributed by atoms with Crippen LogP contribution in [0.15, 0.2) is 42.5 Å². The van der Waals surface area contributed by atoms with Gasteiger partial charge in [-0.15, -0.1) is 0 Å². The summed E-state index contributed by atoms with van der Waals surface area (Å²) >= 11 is 0. The monoisotopic (exact) mass is 277 g/mol. The molecule has 2 nitrogen and oxygen atoms in total. The molecule has 2 aromatic carbocycles. The summed E-state index contributed by atoms with van der Waals surface area (Å²) in [5.74, 6) is -0.382. The second kappa shape index (κ2) is 6.48. The number of methoxy groups -OCH3 is 1. The van der Waals surface area contributed by atoms with Crippen LogP contribution in [0.5, 0.6) is 5.75 Å². The third-order valence-corrected chi connectivity index (χ3v) is 3.23. The summed E-state index contributed by atoms with van der Waals surface area (Å²) < 4.78 is 31.8. The molecule has 0 bridgehead atoms. The zero-order chi connectivity index (χ0) is 14.5. The summed E-state index contributed by atoms with van der Waals surface area (Å²) in [6.45, 7) is 2.33. The van der Waals surface area contributed by atoms with E-state index in [1.165, 1.54) is 19.2 Å². The molecule has 4 heteroatoms. The van der Waals surface area contributed by atoms with E-state index in [-0.39, 0.29) is 23.4 Å². The molecule has 0 amide bonds. The first-order valence-electron chi connectivity index (χ1n) is 6.42. The van der Waals surface area contributed by atoms with Gasteiger partial charge in [-0.3, -0.25) is 0 Å². The van der Waals surface area contributed by atoms with Crippen molar-refractivity contribution in [3.63, 3.8) is 0 Å². The topological polar surface area (TPSA) is 21.3 Å². The van der Waals surface area contributed by atoms with Crippen LogP contribution in [0.25, 0.3) is 0 Å². The van der Waals surface area contributed by atoms with Gasteiger partial charge < -0.3 is 10.1 Å². The van der Waals surface area contributed by atoms with E-state index >= 15 is 0 Å². The smallest absolute Gasteiger partial charge is 0.169 e. The van der Waals surface area contributed by atoms with E-state index in [1.54, 1.807) is 30.3 Å². The minimum atomic E-state index is -0.353. The highest BCUT2D eigenvalue weighted by atomic mass is 19.1. The van der Waals surface area contributed by atoms with E-state index in [9.17, 15) is 8.78 Å². The standard InChI is InChI=1S/C16H17F2NO/c1-11(12-6-8-14(17)9-7-12)19-10-13-4-3-5-15(20-2)16(13)18/h3-9,11,19H,10H2,1-2H3/t11-/m0/s1. The Morgan fingerprint density at radius 1 is 1.10 bits per heavy atom. The Morgan fingerprint density at radius 3 is 2.45 bits per heavy atom. The molecule has 0 radical (unpaired) electrons. The molecule has 0 aliphatic heterocycles. The normalized spacial score (nSPS) is 12.2. The molecule has 2 aromatic rings. The van der Waals surface area contributed by atoms with E-state index in [0.29, 0.717) is 12.1 Å². The van der Waals surface area contributed by atoms with Gasteiger partial charge >= 0.3 is 0 Å². The van der Waals surface area contributed by atoms with Crippen molar-refractivity contribution in [1.82, 2.24) is 5.32 Å². The Kier molecular flexibility index (Phi) is 4.69. The molecule has 0 heterocycles. The minimum absolute atomic E-state index is 0.00111. The van der Waals surface area contributed by atoms with Gasteiger partial charge in [0, 0.05) is 18.2 Å². The van der Waals surface area contributed by atoms with Crippen LogP contribution in [-0.4, -0.2) is 7.11 Å². The number of rotatable bonds is 5. The van der Waals surface area contributed by atoms with E-state index in [1.807, 2.05) is 6.92 Å². The fraction of sp³-hybridized carbons (Fsp3) is 0.250. The summed E-state index contributed by atoms with van der Waals surface area (Å²) in [5, 5.41) is 3.21. The molecule has 0 aliphatic carbocycles. The van der Waals surface area contributed by atoms with Gasteiger partial charge in [-0.2, -0.15) is 0 Å². The van der Waals surface area contributed by atoms with Crippen molar-refractivity contribution in [2.24, 2.45) is 0 Å². The van der Waals surface area contributed by atoms with Crippen LogP contribution in [0.3, 0.4) is 0 Å². The van der Waals surface area contributed by atoms with Crippen LogP contribution in [0.2, 0.25) is 0 Å². The van der Waals surface area contributed by atoms with Gasteiger partial charge in [0.1, 0.15) is 5.82 Å². The number of ether oxygens (including phenoxy) is 1. The third-order valence-electron chi connectivity index (χ3n) is 3.23. The van der Waals surface area contributed by atoms with Gasteiger partial charge in [0.15, 0.2) is 11.6 Å². The van der Waals surface area contributed by atoms with Gasteiger partial charge in [0.05, 0.1) is 7.11 Å². The lowest BCUT2D eigenvalue weighted by Crippen LogP contribution is -2.19. The molecule has 0 saturated heterocycles. The summed E-state index contributed by atoms with van der Waals surface area (Å²) in [4.78, 5) is 0. The van der Waals surface area contributed by atoms with Crippen molar-refractivity contribution >= 4 is 0 Å². The van der Waals surface area contributed by atoms with Crippen LogP contribution >= 0.6 is 0 Å². The predicted octanol–water partition coefficient (Wildman–Crippen LogP) is 3.82. The van der Waals surface area contributed by atoms with Crippen molar-refractivity contribution in [2.45, 2.75) is 19.5 Å². The van der Waals surface area contributed by atoms with E-state index in [2.05, 4.69) is 5.32 Å². The zero-order valence-corrected chi connectivity index (χ0v) is 11.5. The number of nitrogens with one attached hydrogen (secondary N) is 1. The zero-order valence-electron chi connectivity index (χ0n) is 11.5. The SMILES string of the molecule is COc1cccc(CN[C@@H](C)c2ccc(F)cc2)c1F. The largest absolute Gasteiger partial charge is 0.494 e. The Balaban J connectivity index is 2.03. The maximum absolute atomic E-state index is 14.0. The highest BCUT2D eigenvalue weighted by molar-refractivity contribution is 5.31. The highest BCUT2D eigenvalue weighted by Crippen LogP contribution is 2.21. The molecule has 0 aromatic heterocycles. The second-order valence-corrected chi connectivity index (χ2v) is 4.59. The third kappa shape index (κ3) is 3.33. The Hall–Kier alpha value is -1.94. The second-order valence-electron chi connectivity index (χ2n) is 4.59. The van der Waals surface area contributed by atoms with Gasteiger partial charge in [0.2, 0.25) is 0 Å². The first-order chi connectivity index (χ1) is 9.61. The predicted molar refractivity (Wildman–Crippen MR) is 74.6 cm³/mol. The fourth-order valence-corrected chi connectivity index (χ4v) is 1.98. The average Bonchev–Trinajstić information content (AvgIpc) is 2.46. The lowest BCUT2D eigenvalue weighted by atomic mass is 10.1. The van der Waals surface area contributed by atoms with Gasteiger partial charge in [-0.25, -0.2) is 8.78 Å². The fourth-order valence-electron chi connectivity index (χ4n) is 1.98. The maximum Gasteiger partial charge on any atom is 0.169 e. The molecule has 20 heavy (non-hydrogen) atoms.